The molecule has 0 aliphatic carbocycles. The average Bonchev–Trinajstić information content (AvgIpc) is 2.84. The third kappa shape index (κ3) is 3.56. The lowest BCUT2D eigenvalue weighted by atomic mass is 9.94. The van der Waals surface area contributed by atoms with E-state index in [0.29, 0.717) is 12.1 Å². The Balaban J connectivity index is 2.55. The van der Waals surface area contributed by atoms with Gasteiger partial charge >= 0.3 is 0 Å². The van der Waals surface area contributed by atoms with Crippen LogP contribution in [-0.4, -0.2) is 27.8 Å². The Labute approximate surface area is 102 Å². The smallest absolute Gasteiger partial charge is 0.254 e. The molecular weight excluding hydrogens is 216 g/mol. The van der Waals surface area contributed by atoms with Gasteiger partial charge in [0.15, 0.2) is 0 Å². The Morgan fingerprint density at radius 2 is 2.12 bits per heavy atom. The molecule has 0 fully saturated rings. The Bertz CT molecular complexity index is 368. The average molecular weight is 238 g/mol. The van der Waals surface area contributed by atoms with Gasteiger partial charge in [-0.2, -0.15) is 5.10 Å². The van der Waals surface area contributed by atoms with Crippen molar-refractivity contribution < 1.29 is 4.79 Å². The molecule has 0 atom stereocenters. The minimum atomic E-state index is -0.309. The van der Waals surface area contributed by atoms with Crippen molar-refractivity contribution in [3.63, 3.8) is 0 Å². The van der Waals surface area contributed by atoms with Crippen molar-refractivity contribution in [2.24, 2.45) is 5.73 Å². The van der Waals surface area contributed by atoms with E-state index in [1.54, 1.807) is 17.1 Å². The fourth-order valence-corrected chi connectivity index (χ4v) is 1.51. The van der Waals surface area contributed by atoms with Crippen LogP contribution >= 0.6 is 0 Å². The molecule has 0 spiro atoms. The van der Waals surface area contributed by atoms with Crippen LogP contribution in [0.15, 0.2) is 12.4 Å². The molecule has 0 radical (unpaired) electrons. The number of carbonyl (C=O) groups is 1. The topological polar surface area (TPSA) is 72.9 Å². The van der Waals surface area contributed by atoms with Crippen LogP contribution in [0.5, 0.6) is 0 Å². The summed E-state index contributed by atoms with van der Waals surface area (Å²) in [5.41, 5.74) is 6.39. The van der Waals surface area contributed by atoms with Gasteiger partial charge in [0.2, 0.25) is 0 Å². The van der Waals surface area contributed by atoms with Crippen LogP contribution in [0.4, 0.5) is 0 Å². The molecule has 1 heterocycles. The van der Waals surface area contributed by atoms with Gasteiger partial charge in [0, 0.05) is 24.8 Å². The number of nitrogens with zero attached hydrogens (tertiary/aromatic N) is 2. The van der Waals surface area contributed by atoms with Crippen LogP contribution in [0.2, 0.25) is 0 Å². The molecule has 3 N–H and O–H groups in total. The molecule has 1 aromatic rings. The van der Waals surface area contributed by atoms with E-state index >= 15 is 0 Å². The highest BCUT2D eigenvalue weighted by Crippen LogP contribution is 2.09. The van der Waals surface area contributed by atoms with Gasteiger partial charge in [-0.15, -0.1) is 0 Å². The zero-order valence-corrected chi connectivity index (χ0v) is 10.9. The highest BCUT2D eigenvalue weighted by molar-refractivity contribution is 5.93. The summed E-state index contributed by atoms with van der Waals surface area (Å²) < 4.78 is 1.73. The van der Waals surface area contributed by atoms with Crippen LogP contribution in [-0.2, 0) is 6.54 Å². The van der Waals surface area contributed by atoms with Crippen molar-refractivity contribution in [3.8, 4) is 0 Å². The molecule has 96 valence electrons. The first kappa shape index (κ1) is 13.7. The van der Waals surface area contributed by atoms with Crippen molar-refractivity contribution in [1.29, 1.82) is 0 Å². The highest BCUT2D eigenvalue weighted by Gasteiger charge is 2.21. The molecule has 1 rings (SSSR count). The number of hydrogen-bond acceptors (Lipinski definition) is 3. The molecule has 0 aromatic carbocycles. The van der Waals surface area contributed by atoms with Gasteiger partial charge in [-0.1, -0.05) is 13.8 Å². The summed E-state index contributed by atoms with van der Waals surface area (Å²) in [7, 11) is 0. The lowest BCUT2D eigenvalue weighted by molar-refractivity contribution is 0.0942. The van der Waals surface area contributed by atoms with Gasteiger partial charge in [-0.05, 0) is 19.8 Å². The standard InChI is InChI=1S/C12H22N4O/c1-4-12(13,5-2)9-14-11(17)10-7-15-16(6-3)8-10/h7-8H,4-6,9,13H2,1-3H3,(H,14,17). The Kier molecular flexibility index (Phi) is 4.69. The van der Waals surface area contributed by atoms with Gasteiger partial charge in [0.1, 0.15) is 0 Å². The molecule has 5 nitrogen and oxygen atoms in total. The fraction of sp³-hybridized carbons (Fsp3) is 0.667. The van der Waals surface area contributed by atoms with E-state index in [4.69, 9.17) is 5.73 Å². The third-order valence-corrected chi connectivity index (χ3v) is 3.23. The van der Waals surface area contributed by atoms with E-state index in [2.05, 4.69) is 10.4 Å². The zero-order valence-electron chi connectivity index (χ0n) is 10.9. The Hall–Kier alpha value is -1.36. The number of amides is 1. The van der Waals surface area contributed by atoms with Crippen LogP contribution in [0.25, 0.3) is 0 Å². The minimum Gasteiger partial charge on any atom is -0.350 e. The van der Waals surface area contributed by atoms with Crippen molar-refractivity contribution in [3.05, 3.63) is 18.0 Å². The van der Waals surface area contributed by atoms with E-state index < -0.39 is 0 Å². The number of aryl methyl sites for hydroxylation is 1. The highest BCUT2D eigenvalue weighted by atomic mass is 16.1. The normalized spacial score (nSPS) is 11.5. The molecule has 0 saturated heterocycles. The first-order valence-corrected chi connectivity index (χ1v) is 6.14. The second-order valence-electron chi connectivity index (χ2n) is 4.34. The second kappa shape index (κ2) is 5.82. The largest absolute Gasteiger partial charge is 0.350 e. The fourth-order valence-electron chi connectivity index (χ4n) is 1.51. The van der Waals surface area contributed by atoms with Crippen LogP contribution < -0.4 is 11.1 Å². The van der Waals surface area contributed by atoms with Crippen molar-refractivity contribution in [1.82, 2.24) is 15.1 Å². The number of carbonyl (C=O) groups excluding carboxylic acids is 1. The maximum atomic E-state index is 11.8. The van der Waals surface area contributed by atoms with Gasteiger partial charge in [0.25, 0.3) is 5.91 Å². The Morgan fingerprint density at radius 1 is 1.47 bits per heavy atom. The summed E-state index contributed by atoms with van der Waals surface area (Å²) in [4.78, 5) is 11.8. The van der Waals surface area contributed by atoms with E-state index in [-0.39, 0.29) is 11.4 Å². The van der Waals surface area contributed by atoms with E-state index in [0.717, 1.165) is 19.4 Å². The molecule has 0 saturated carbocycles. The minimum absolute atomic E-state index is 0.110. The summed E-state index contributed by atoms with van der Waals surface area (Å²) in [6.45, 7) is 7.30. The second-order valence-corrected chi connectivity index (χ2v) is 4.34. The zero-order chi connectivity index (χ0) is 12.9. The first-order chi connectivity index (χ1) is 8.04. The molecule has 1 aromatic heterocycles. The predicted octanol–water partition coefficient (Wildman–Crippen LogP) is 1.15. The lowest BCUT2D eigenvalue weighted by Crippen LogP contribution is -2.49. The number of nitrogens with one attached hydrogen (secondary N) is 1. The van der Waals surface area contributed by atoms with Crippen molar-refractivity contribution in [2.75, 3.05) is 6.54 Å². The SMILES string of the molecule is CCn1cc(C(=O)NCC(N)(CC)CC)cn1. The number of hydrogen-bond donors (Lipinski definition) is 2. The van der Waals surface area contributed by atoms with Crippen LogP contribution in [0.3, 0.4) is 0 Å². The molecule has 5 heteroatoms. The van der Waals surface area contributed by atoms with E-state index in [9.17, 15) is 4.79 Å². The first-order valence-electron chi connectivity index (χ1n) is 6.14. The van der Waals surface area contributed by atoms with E-state index in [1.165, 1.54) is 0 Å². The summed E-state index contributed by atoms with van der Waals surface area (Å²) in [5.74, 6) is -0.110. The summed E-state index contributed by atoms with van der Waals surface area (Å²) in [6.07, 6.45) is 5.01. The third-order valence-electron chi connectivity index (χ3n) is 3.23. The Morgan fingerprint density at radius 3 is 2.59 bits per heavy atom. The maximum Gasteiger partial charge on any atom is 0.254 e. The van der Waals surface area contributed by atoms with Gasteiger partial charge in [-0.25, -0.2) is 0 Å². The van der Waals surface area contributed by atoms with Crippen molar-refractivity contribution >= 4 is 5.91 Å². The van der Waals surface area contributed by atoms with Gasteiger partial charge < -0.3 is 11.1 Å². The number of rotatable bonds is 6. The van der Waals surface area contributed by atoms with Crippen molar-refractivity contribution in [2.45, 2.75) is 45.7 Å². The summed E-state index contributed by atoms with van der Waals surface area (Å²) >= 11 is 0. The molecule has 0 bridgehead atoms. The summed E-state index contributed by atoms with van der Waals surface area (Å²) in [6, 6.07) is 0. The predicted molar refractivity (Wildman–Crippen MR) is 67.7 cm³/mol. The monoisotopic (exact) mass is 238 g/mol. The van der Waals surface area contributed by atoms with E-state index in [1.807, 2.05) is 20.8 Å². The molecule has 17 heavy (non-hydrogen) atoms. The number of aromatic nitrogens is 2. The quantitative estimate of drug-likeness (QED) is 0.781. The summed E-state index contributed by atoms with van der Waals surface area (Å²) in [5, 5.41) is 6.93. The lowest BCUT2D eigenvalue weighted by Gasteiger charge is -2.26. The molecule has 0 unspecified atom stereocenters. The molecule has 0 aliphatic heterocycles. The van der Waals surface area contributed by atoms with Gasteiger partial charge in [0.05, 0.1) is 11.8 Å². The molecule has 1 amide bonds. The number of nitrogens with two attached hydrogens (primary N) is 1. The molecular formula is C12H22N4O. The maximum absolute atomic E-state index is 11.8. The molecule has 0 aliphatic rings. The van der Waals surface area contributed by atoms with Crippen LogP contribution in [0, 0.1) is 0 Å². The van der Waals surface area contributed by atoms with Gasteiger partial charge in [-0.3, -0.25) is 9.48 Å². The van der Waals surface area contributed by atoms with Crippen LogP contribution in [0.1, 0.15) is 44.0 Å².